The molecule has 2 fully saturated rings. The lowest BCUT2D eigenvalue weighted by molar-refractivity contribution is -0.141. The molecule has 5 rings (SSSR count). The highest BCUT2D eigenvalue weighted by molar-refractivity contribution is 7.86. The Bertz CT molecular complexity index is 1970. The van der Waals surface area contributed by atoms with E-state index in [1.54, 1.807) is 46.5 Å². The number of ether oxygens (including phenoxy) is 3. The van der Waals surface area contributed by atoms with Crippen molar-refractivity contribution in [1.82, 2.24) is 20.1 Å². The van der Waals surface area contributed by atoms with Gasteiger partial charge in [0.25, 0.3) is 10.1 Å². The van der Waals surface area contributed by atoms with Crippen molar-refractivity contribution in [3.63, 3.8) is 0 Å². The summed E-state index contributed by atoms with van der Waals surface area (Å²) in [5, 5.41) is 3.04. The number of likely N-dealkylation sites (tertiary alicyclic amines) is 2. The number of hydrogen-bond donors (Lipinski definition) is 1. The van der Waals surface area contributed by atoms with Gasteiger partial charge in [-0.15, -0.1) is 0 Å². The Kier molecular flexibility index (Phi) is 15.3. The molecule has 1 N–H and O–H groups in total. The zero-order valence-corrected chi connectivity index (χ0v) is 34.9. The van der Waals surface area contributed by atoms with Crippen LogP contribution in [-0.4, -0.2) is 99.2 Å². The van der Waals surface area contributed by atoms with Gasteiger partial charge in [-0.2, -0.15) is 8.42 Å². The Morgan fingerprint density at radius 3 is 2.28 bits per heavy atom. The number of nitrogens with one attached hydrogen (secondary N) is 1. The molecule has 14 nitrogen and oxygen atoms in total. The first-order chi connectivity index (χ1) is 27.6. The maximum atomic E-state index is 13.7. The van der Waals surface area contributed by atoms with Crippen molar-refractivity contribution in [2.24, 2.45) is 11.8 Å². The number of esters is 1. The molecule has 314 valence electrons. The molecule has 2 aromatic carbocycles. The summed E-state index contributed by atoms with van der Waals surface area (Å²) >= 11 is 0. The molecule has 0 saturated carbocycles. The number of amides is 3. The van der Waals surface area contributed by atoms with E-state index >= 15 is 0 Å². The molecule has 3 heterocycles. The van der Waals surface area contributed by atoms with Crippen molar-refractivity contribution < 1.29 is 46.0 Å². The topological polar surface area (TPSA) is 171 Å². The lowest BCUT2D eigenvalue weighted by Crippen LogP contribution is -2.46. The van der Waals surface area contributed by atoms with E-state index in [1.807, 2.05) is 45.9 Å². The summed E-state index contributed by atoms with van der Waals surface area (Å²) in [6.45, 7) is 9.38. The summed E-state index contributed by atoms with van der Waals surface area (Å²) in [7, 11) is -2.60. The molecule has 2 saturated heterocycles. The minimum absolute atomic E-state index is 0.0153. The highest BCUT2D eigenvalue weighted by Gasteiger charge is 2.32. The van der Waals surface area contributed by atoms with Crippen LogP contribution in [0.4, 0.5) is 4.79 Å². The molecule has 0 spiro atoms. The average Bonchev–Trinajstić information content (AvgIpc) is 3.21. The number of pyridine rings is 1. The van der Waals surface area contributed by atoms with Crippen LogP contribution in [0.5, 0.6) is 5.75 Å². The Morgan fingerprint density at radius 1 is 0.897 bits per heavy atom. The minimum atomic E-state index is -3.90. The van der Waals surface area contributed by atoms with E-state index in [1.165, 1.54) is 19.2 Å². The van der Waals surface area contributed by atoms with Crippen molar-refractivity contribution in [3.8, 4) is 16.9 Å². The molecule has 3 aromatic rings. The zero-order chi connectivity index (χ0) is 41.9. The Hall–Kier alpha value is -5.02. The number of hydrogen-bond acceptors (Lipinski definition) is 11. The van der Waals surface area contributed by atoms with Gasteiger partial charge in [-0.25, -0.2) is 4.79 Å². The third-order valence-electron chi connectivity index (χ3n) is 10.3. The predicted octanol–water partition coefficient (Wildman–Crippen LogP) is 6.23. The summed E-state index contributed by atoms with van der Waals surface area (Å²) in [6.07, 6.45) is 6.92. The normalized spacial score (nSPS) is 16.9. The first-order valence-electron chi connectivity index (χ1n) is 19.9. The number of aryl methyl sites for hydroxylation is 1. The Balaban J connectivity index is 1.12. The van der Waals surface area contributed by atoms with E-state index in [2.05, 4.69) is 10.3 Å². The van der Waals surface area contributed by atoms with Gasteiger partial charge in [0.05, 0.1) is 30.4 Å². The summed E-state index contributed by atoms with van der Waals surface area (Å²) in [5.74, 6) is -0.309. The van der Waals surface area contributed by atoms with Crippen molar-refractivity contribution in [2.75, 3.05) is 46.5 Å². The van der Waals surface area contributed by atoms with Crippen LogP contribution in [0.25, 0.3) is 11.1 Å². The number of carbonyl (C=O) groups is 4. The lowest BCUT2D eigenvalue weighted by Gasteiger charge is -2.35. The van der Waals surface area contributed by atoms with E-state index in [9.17, 15) is 27.6 Å². The number of rotatable bonds is 15. The molecular weight excluding hydrogens is 765 g/mol. The third kappa shape index (κ3) is 13.0. The predicted molar refractivity (Wildman–Crippen MR) is 216 cm³/mol. The first kappa shape index (κ1) is 44.1. The number of methoxy groups -OCH3 is 1. The van der Waals surface area contributed by atoms with E-state index in [0.717, 1.165) is 36.0 Å². The van der Waals surface area contributed by atoms with E-state index < -0.39 is 33.6 Å². The van der Waals surface area contributed by atoms with Crippen LogP contribution in [-0.2, 0) is 38.2 Å². The molecule has 2 unspecified atom stereocenters. The second-order valence-corrected chi connectivity index (χ2v) is 17.6. The molecule has 15 heteroatoms. The van der Waals surface area contributed by atoms with Gasteiger partial charge < -0.3 is 29.3 Å². The standard InChI is InChI=1S/C43H56N4O10S/c1-30-8-15-37(16-9-30)58(52,53)56-24-23-55-36-13-11-32(12-14-36)34-25-35(28-44-27-34)38(26-40(49)54-5)45-41(50)33-7-6-20-47(29-33)39(48)17-10-31-18-21-46(22-19-31)42(51)57-43(2,3)4/h8-9,11-16,25,27-28,31,33,38H,6-7,10,17-24,26,29H2,1-5H3,(H,45,50). The van der Waals surface area contributed by atoms with Crippen LogP contribution < -0.4 is 10.1 Å². The second-order valence-electron chi connectivity index (χ2n) is 15.9. The lowest BCUT2D eigenvalue weighted by atomic mass is 9.91. The Labute approximate surface area is 341 Å². The van der Waals surface area contributed by atoms with Gasteiger partial charge in [0.1, 0.15) is 24.6 Å². The number of nitrogens with zero attached hydrogens (tertiary/aromatic N) is 3. The molecule has 0 bridgehead atoms. The number of piperidine rings is 2. The van der Waals surface area contributed by atoms with E-state index in [-0.39, 0.29) is 42.4 Å². The largest absolute Gasteiger partial charge is 0.491 e. The van der Waals surface area contributed by atoms with E-state index in [0.29, 0.717) is 62.7 Å². The molecule has 2 atom stereocenters. The summed E-state index contributed by atoms with van der Waals surface area (Å²) in [5.41, 5.74) is 2.56. The van der Waals surface area contributed by atoms with Crippen LogP contribution >= 0.6 is 0 Å². The molecule has 0 aliphatic carbocycles. The van der Waals surface area contributed by atoms with Crippen molar-refractivity contribution >= 4 is 34.0 Å². The number of carbonyl (C=O) groups excluding carboxylic acids is 4. The summed E-state index contributed by atoms with van der Waals surface area (Å²) in [4.78, 5) is 60.0. The third-order valence-corrected chi connectivity index (χ3v) is 11.7. The molecular formula is C43H56N4O10S. The van der Waals surface area contributed by atoms with Crippen LogP contribution in [0.15, 0.2) is 71.9 Å². The van der Waals surface area contributed by atoms with Gasteiger partial charge >= 0.3 is 12.1 Å². The van der Waals surface area contributed by atoms with Crippen LogP contribution in [0.2, 0.25) is 0 Å². The maximum absolute atomic E-state index is 13.7. The fourth-order valence-corrected chi connectivity index (χ4v) is 7.94. The Morgan fingerprint density at radius 2 is 1.60 bits per heavy atom. The SMILES string of the molecule is COC(=O)CC(NC(=O)C1CCCN(C(=O)CCC2CCN(C(=O)OC(C)(C)C)CC2)C1)c1cncc(-c2ccc(OCCOS(=O)(=O)c3ccc(C)cc3)cc2)c1. The van der Waals surface area contributed by atoms with Gasteiger partial charge in [-0.05, 0) is 107 Å². The second kappa shape index (κ2) is 20.1. The van der Waals surface area contributed by atoms with Crippen molar-refractivity contribution in [2.45, 2.75) is 89.2 Å². The first-order valence-corrected chi connectivity index (χ1v) is 21.3. The van der Waals surface area contributed by atoms with Gasteiger partial charge in [-0.1, -0.05) is 29.8 Å². The van der Waals surface area contributed by atoms with Crippen LogP contribution in [0.3, 0.4) is 0 Å². The molecule has 2 aliphatic heterocycles. The van der Waals surface area contributed by atoms with Gasteiger partial charge in [0.15, 0.2) is 0 Å². The monoisotopic (exact) mass is 820 g/mol. The highest BCUT2D eigenvalue weighted by Crippen LogP contribution is 2.28. The smallest absolute Gasteiger partial charge is 0.410 e. The van der Waals surface area contributed by atoms with Crippen LogP contribution in [0.1, 0.15) is 82.9 Å². The highest BCUT2D eigenvalue weighted by atomic mass is 32.2. The van der Waals surface area contributed by atoms with E-state index in [4.69, 9.17) is 18.4 Å². The minimum Gasteiger partial charge on any atom is -0.491 e. The molecule has 0 radical (unpaired) electrons. The average molecular weight is 821 g/mol. The molecule has 1 aromatic heterocycles. The van der Waals surface area contributed by atoms with Gasteiger partial charge in [0.2, 0.25) is 11.8 Å². The van der Waals surface area contributed by atoms with Gasteiger partial charge in [0, 0.05) is 50.6 Å². The number of benzene rings is 2. The maximum Gasteiger partial charge on any atom is 0.410 e. The molecule has 58 heavy (non-hydrogen) atoms. The molecule has 2 aliphatic rings. The fraction of sp³-hybridized carbons (Fsp3) is 0.512. The summed E-state index contributed by atoms with van der Waals surface area (Å²) < 4.78 is 46.2. The van der Waals surface area contributed by atoms with Gasteiger partial charge in [-0.3, -0.25) is 23.6 Å². The van der Waals surface area contributed by atoms with Crippen molar-refractivity contribution in [3.05, 3.63) is 78.1 Å². The van der Waals surface area contributed by atoms with Crippen molar-refractivity contribution in [1.29, 1.82) is 0 Å². The molecule has 3 amide bonds. The number of aromatic nitrogens is 1. The summed E-state index contributed by atoms with van der Waals surface area (Å²) in [6, 6.07) is 14.7. The quantitative estimate of drug-likeness (QED) is 0.105. The van der Waals surface area contributed by atoms with Crippen LogP contribution in [0, 0.1) is 18.8 Å². The zero-order valence-electron chi connectivity index (χ0n) is 34.1. The fourth-order valence-electron chi connectivity index (χ4n) is 7.05.